The van der Waals surface area contributed by atoms with Crippen molar-refractivity contribution >= 4 is 5.57 Å². The zero-order valence-corrected chi connectivity index (χ0v) is 16.5. The molecule has 2 aliphatic carbocycles. The van der Waals surface area contributed by atoms with Crippen molar-refractivity contribution in [2.45, 2.75) is 33.1 Å². The number of benzene rings is 2. The molecule has 136 valence electrons. The zero-order chi connectivity index (χ0) is 18.8. The van der Waals surface area contributed by atoms with E-state index in [1.165, 1.54) is 33.4 Å². The summed E-state index contributed by atoms with van der Waals surface area (Å²) >= 11 is 0. The van der Waals surface area contributed by atoms with Crippen molar-refractivity contribution in [1.29, 1.82) is 0 Å². The predicted octanol–water partition coefficient (Wildman–Crippen LogP) is 7.26. The topological polar surface area (TPSA) is 0 Å². The van der Waals surface area contributed by atoms with Gasteiger partial charge >= 0.3 is 0 Å². The Kier molecular flexibility index (Phi) is 4.99. The molecule has 0 amide bonds. The molecule has 0 saturated heterocycles. The molecule has 3 atom stereocenters. The predicted molar refractivity (Wildman–Crippen MR) is 117 cm³/mol. The standard InChI is InChI=1S/C27H28/c1-19-9-12-23(13-10-19)27-18-24(14-11-21(27)3)26-16-20(2)15-25(17-26)22-7-5-4-6-8-22/h4-15,17-18,20-21,27H,16H2,1-3H3. The normalized spacial score (nSPS) is 24.9. The van der Waals surface area contributed by atoms with E-state index in [0.717, 1.165) is 6.42 Å². The number of allylic oxidation sites excluding steroid dienone is 8. The van der Waals surface area contributed by atoms with Gasteiger partial charge in [0.1, 0.15) is 0 Å². The second kappa shape index (κ2) is 7.56. The lowest BCUT2D eigenvalue weighted by Crippen LogP contribution is -2.12. The summed E-state index contributed by atoms with van der Waals surface area (Å²) in [5.74, 6) is 1.54. The molecule has 27 heavy (non-hydrogen) atoms. The fourth-order valence-electron chi connectivity index (χ4n) is 4.20. The quantitative estimate of drug-likeness (QED) is 0.545. The molecule has 0 saturated carbocycles. The van der Waals surface area contributed by atoms with Gasteiger partial charge in [0, 0.05) is 5.92 Å². The number of hydrogen-bond donors (Lipinski definition) is 0. The van der Waals surface area contributed by atoms with Gasteiger partial charge < -0.3 is 0 Å². The fraction of sp³-hybridized carbons (Fsp3) is 0.259. The highest BCUT2D eigenvalue weighted by Crippen LogP contribution is 2.38. The van der Waals surface area contributed by atoms with Crippen LogP contribution in [0.1, 0.15) is 42.9 Å². The van der Waals surface area contributed by atoms with E-state index in [1.807, 2.05) is 0 Å². The Morgan fingerprint density at radius 2 is 1.56 bits per heavy atom. The van der Waals surface area contributed by atoms with E-state index in [0.29, 0.717) is 17.8 Å². The summed E-state index contributed by atoms with van der Waals surface area (Å²) in [6.07, 6.45) is 13.1. The van der Waals surface area contributed by atoms with Crippen LogP contribution in [0.3, 0.4) is 0 Å². The number of hydrogen-bond acceptors (Lipinski definition) is 0. The Bertz CT molecular complexity index is 920. The first kappa shape index (κ1) is 17.8. The van der Waals surface area contributed by atoms with Gasteiger partial charge in [0.2, 0.25) is 0 Å². The highest BCUT2D eigenvalue weighted by molar-refractivity contribution is 5.77. The van der Waals surface area contributed by atoms with E-state index >= 15 is 0 Å². The van der Waals surface area contributed by atoms with Crippen molar-refractivity contribution in [3.63, 3.8) is 0 Å². The first-order valence-corrected chi connectivity index (χ1v) is 10.0. The van der Waals surface area contributed by atoms with Crippen molar-refractivity contribution in [2.75, 3.05) is 0 Å². The third-order valence-electron chi connectivity index (χ3n) is 5.78. The Hall–Kier alpha value is -2.60. The maximum atomic E-state index is 2.49. The van der Waals surface area contributed by atoms with Gasteiger partial charge in [-0.3, -0.25) is 0 Å². The maximum absolute atomic E-state index is 2.49. The van der Waals surface area contributed by atoms with Gasteiger partial charge in [0.25, 0.3) is 0 Å². The van der Waals surface area contributed by atoms with Crippen LogP contribution in [0.15, 0.2) is 96.1 Å². The summed E-state index contributed by atoms with van der Waals surface area (Å²) in [5.41, 5.74) is 8.26. The molecule has 0 N–H and O–H groups in total. The average Bonchev–Trinajstić information content (AvgIpc) is 2.69. The SMILES string of the molecule is Cc1ccc(C2C=C(C3=CC(c4ccccc4)=CC(C)C3)C=CC2C)cc1. The minimum Gasteiger partial charge on any atom is -0.0802 e. The molecule has 0 heteroatoms. The number of aryl methyl sites for hydroxylation is 1. The number of rotatable bonds is 3. The van der Waals surface area contributed by atoms with Crippen LogP contribution >= 0.6 is 0 Å². The van der Waals surface area contributed by atoms with Crippen LogP contribution in [-0.2, 0) is 0 Å². The molecule has 0 nitrogen and oxygen atoms in total. The first-order chi connectivity index (χ1) is 13.1. The minimum atomic E-state index is 0.452. The molecule has 0 fully saturated rings. The Morgan fingerprint density at radius 3 is 2.30 bits per heavy atom. The summed E-state index contributed by atoms with van der Waals surface area (Å²) < 4.78 is 0. The molecule has 0 bridgehead atoms. The van der Waals surface area contributed by atoms with Gasteiger partial charge in [-0.1, -0.05) is 104 Å². The molecule has 0 spiro atoms. The summed E-state index contributed by atoms with van der Waals surface area (Å²) in [7, 11) is 0. The van der Waals surface area contributed by atoms with Gasteiger partial charge in [-0.15, -0.1) is 0 Å². The minimum absolute atomic E-state index is 0.452. The third-order valence-corrected chi connectivity index (χ3v) is 5.78. The van der Waals surface area contributed by atoms with Gasteiger partial charge in [-0.2, -0.15) is 0 Å². The molecule has 0 aromatic heterocycles. The molecule has 2 aliphatic rings. The van der Waals surface area contributed by atoms with Crippen LogP contribution < -0.4 is 0 Å². The molecular weight excluding hydrogens is 324 g/mol. The van der Waals surface area contributed by atoms with Gasteiger partial charge in [0.05, 0.1) is 0 Å². The van der Waals surface area contributed by atoms with Gasteiger partial charge in [-0.25, -0.2) is 0 Å². The molecular formula is C27H28. The lowest BCUT2D eigenvalue weighted by Gasteiger charge is -2.27. The molecule has 2 aromatic rings. The van der Waals surface area contributed by atoms with Crippen LogP contribution in [0.25, 0.3) is 5.57 Å². The average molecular weight is 353 g/mol. The van der Waals surface area contributed by atoms with E-state index in [4.69, 9.17) is 0 Å². The molecule has 3 unspecified atom stereocenters. The molecule has 4 rings (SSSR count). The van der Waals surface area contributed by atoms with Crippen LogP contribution in [0.4, 0.5) is 0 Å². The summed E-state index contributed by atoms with van der Waals surface area (Å²) in [5, 5.41) is 0. The van der Waals surface area contributed by atoms with Crippen LogP contribution in [0.2, 0.25) is 0 Å². The Labute approximate surface area is 163 Å². The summed E-state index contributed by atoms with van der Waals surface area (Å²) in [4.78, 5) is 0. The van der Waals surface area contributed by atoms with Crippen molar-refractivity contribution in [3.05, 3.63) is 113 Å². The van der Waals surface area contributed by atoms with Crippen LogP contribution in [-0.4, -0.2) is 0 Å². The monoisotopic (exact) mass is 352 g/mol. The molecule has 2 aromatic carbocycles. The zero-order valence-electron chi connectivity index (χ0n) is 16.5. The summed E-state index contributed by atoms with van der Waals surface area (Å²) in [6.45, 7) is 6.80. The van der Waals surface area contributed by atoms with Crippen molar-refractivity contribution in [3.8, 4) is 0 Å². The Balaban J connectivity index is 1.68. The first-order valence-electron chi connectivity index (χ1n) is 10.0. The van der Waals surface area contributed by atoms with Crippen molar-refractivity contribution in [2.24, 2.45) is 11.8 Å². The Morgan fingerprint density at radius 1 is 0.815 bits per heavy atom. The molecule has 0 heterocycles. The van der Waals surface area contributed by atoms with Crippen LogP contribution in [0.5, 0.6) is 0 Å². The van der Waals surface area contributed by atoms with E-state index in [1.54, 1.807) is 0 Å². The molecule has 0 radical (unpaired) electrons. The van der Waals surface area contributed by atoms with E-state index in [2.05, 4.69) is 106 Å². The van der Waals surface area contributed by atoms with Crippen LogP contribution in [0, 0.1) is 18.8 Å². The van der Waals surface area contributed by atoms with Crippen molar-refractivity contribution < 1.29 is 0 Å². The second-order valence-electron chi connectivity index (χ2n) is 8.12. The second-order valence-corrected chi connectivity index (χ2v) is 8.12. The van der Waals surface area contributed by atoms with Crippen molar-refractivity contribution in [1.82, 2.24) is 0 Å². The third kappa shape index (κ3) is 3.90. The highest BCUT2D eigenvalue weighted by Gasteiger charge is 2.22. The fourth-order valence-corrected chi connectivity index (χ4v) is 4.20. The lowest BCUT2D eigenvalue weighted by molar-refractivity contribution is 0.628. The smallest absolute Gasteiger partial charge is 0.00873 e. The van der Waals surface area contributed by atoms with E-state index in [9.17, 15) is 0 Å². The van der Waals surface area contributed by atoms with Gasteiger partial charge in [-0.05, 0) is 53.0 Å². The maximum Gasteiger partial charge on any atom is 0.00873 e. The highest BCUT2D eigenvalue weighted by atomic mass is 14.3. The van der Waals surface area contributed by atoms with E-state index < -0.39 is 0 Å². The summed E-state index contributed by atoms with van der Waals surface area (Å²) in [6, 6.07) is 19.8. The lowest BCUT2D eigenvalue weighted by atomic mass is 9.78. The van der Waals surface area contributed by atoms with Gasteiger partial charge in [0.15, 0.2) is 0 Å². The molecule has 0 aliphatic heterocycles. The largest absolute Gasteiger partial charge is 0.0802 e. The van der Waals surface area contributed by atoms with E-state index in [-0.39, 0.29) is 0 Å².